The molecule has 2 saturated carbocycles. The van der Waals surface area contributed by atoms with Crippen molar-refractivity contribution in [3.05, 3.63) is 71.1 Å². The summed E-state index contributed by atoms with van der Waals surface area (Å²) >= 11 is 0. The largest absolute Gasteiger partial charge is 0.488 e. The average Bonchev–Trinajstić information content (AvgIpc) is 3.92. The molecular formula is C31H28F5N5O4. The van der Waals surface area contributed by atoms with Gasteiger partial charge in [0.1, 0.15) is 29.2 Å². The number of amides is 1. The van der Waals surface area contributed by atoms with Gasteiger partial charge in [0.2, 0.25) is 0 Å². The van der Waals surface area contributed by atoms with Gasteiger partial charge in [-0.1, -0.05) is 0 Å². The van der Waals surface area contributed by atoms with Gasteiger partial charge in [0, 0.05) is 35.3 Å². The number of nitrogens with one attached hydrogen (secondary N) is 1. The second-order valence-electron chi connectivity index (χ2n) is 12.0. The Kier molecular flexibility index (Phi) is 6.61. The summed E-state index contributed by atoms with van der Waals surface area (Å²) in [7, 11) is 1.74. The fraction of sp³-hybridized carbons (Fsp3) is 0.387. The Labute approximate surface area is 253 Å². The summed E-state index contributed by atoms with van der Waals surface area (Å²) in [5.41, 5.74) is 0.772. The van der Waals surface area contributed by atoms with Crippen LogP contribution in [0.2, 0.25) is 0 Å². The quantitative estimate of drug-likeness (QED) is 0.244. The summed E-state index contributed by atoms with van der Waals surface area (Å²) in [6, 6.07) is 6.97. The van der Waals surface area contributed by atoms with Gasteiger partial charge >= 0.3 is 6.18 Å². The third-order valence-corrected chi connectivity index (χ3v) is 8.58. The molecular weight excluding hydrogens is 601 g/mol. The van der Waals surface area contributed by atoms with Crippen LogP contribution in [0, 0.1) is 17.6 Å². The number of aromatic nitrogens is 3. The van der Waals surface area contributed by atoms with Crippen LogP contribution in [-0.2, 0) is 18.2 Å². The van der Waals surface area contributed by atoms with Crippen LogP contribution < -0.4 is 20.5 Å². The van der Waals surface area contributed by atoms with Gasteiger partial charge in [-0.2, -0.15) is 18.3 Å². The van der Waals surface area contributed by atoms with Crippen LogP contribution in [0.5, 0.6) is 11.5 Å². The van der Waals surface area contributed by atoms with Crippen molar-refractivity contribution in [2.75, 3.05) is 13.2 Å². The molecule has 0 radical (unpaired) electrons. The van der Waals surface area contributed by atoms with E-state index in [9.17, 15) is 31.9 Å². The van der Waals surface area contributed by atoms with Crippen molar-refractivity contribution >= 4 is 16.8 Å². The SMILES string of the molecule is Cn1cc2cc(C(=O)NCC(O)(c3cc4c(c(-c5ccc(F)c(F)c5)n3)OC[C@@]4(N)C(F)(F)F)C3CC3)cc(OC3CC3)c2n1. The number of aryl methyl sites for hydroxylation is 1. The van der Waals surface area contributed by atoms with Gasteiger partial charge in [-0.25, -0.2) is 13.8 Å². The zero-order valence-corrected chi connectivity index (χ0v) is 23.9. The molecule has 14 heteroatoms. The van der Waals surface area contributed by atoms with Crippen LogP contribution in [0.4, 0.5) is 22.0 Å². The van der Waals surface area contributed by atoms with Gasteiger partial charge in [0.15, 0.2) is 22.9 Å². The van der Waals surface area contributed by atoms with E-state index in [-0.39, 0.29) is 34.4 Å². The molecule has 0 saturated heterocycles. The fourth-order valence-corrected chi connectivity index (χ4v) is 5.70. The number of aliphatic hydroxyl groups is 1. The first kappa shape index (κ1) is 29.4. The molecule has 45 heavy (non-hydrogen) atoms. The van der Waals surface area contributed by atoms with Crippen LogP contribution in [0.15, 0.2) is 42.6 Å². The number of halogens is 5. The third-order valence-electron chi connectivity index (χ3n) is 8.58. The molecule has 236 valence electrons. The van der Waals surface area contributed by atoms with Crippen molar-refractivity contribution in [1.29, 1.82) is 0 Å². The minimum atomic E-state index is -4.96. The summed E-state index contributed by atoms with van der Waals surface area (Å²) in [5.74, 6) is -3.34. The predicted molar refractivity (Wildman–Crippen MR) is 150 cm³/mol. The van der Waals surface area contributed by atoms with E-state index in [1.54, 1.807) is 30.1 Å². The summed E-state index contributed by atoms with van der Waals surface area (Å²) in [6.07, 6.45) is -0.376. The van der Waals surface area contributed by atoms with Crippen molar-refractivity contribution in [1.82, 2.24) is 20.1 Å². The van der Waals surface area contributed by atoms with Gasteiger partial charge in [-0.3, -0.25) is 9.48 Å². The van der Waals surface area contributed by atoms with Gasteiger partial charge in [0.25, 0.3) is 5.91 Å². The van der Waals surface area contributed by atoms with Crippen LogP contribution in [-0.4, -0.2) is 51.2 Å². The lowest BCUT2D eigenvalue weighted by atomic mass is 9.86. The van der Waals surface area contributed by atoms with Crippen LogP contribution in [0.1, 0.15) is 47.3 Å². The lowest BCUT2D eigenvalue weighted by Gasteiger charge is -2.31. The first-order valence-electron chi connectivity index (χ1n) is 14.4. The number of rotatable bonds is 8. The highest BCUT2D eigenvalue weighted by Crippen LogP contribution is 2.52. The van der Waals surface area contributed by atoms with Crippen LogP contribution in [0.3, 0.4) is 0 Å². The second kappa shape index (κ2) is 10.1. The Bertz CT molecular complexity index is 1850. The minimum absolute atomic E-state index is 0.0403. The minimum Gasteiger partial charge on any atom is -0.488 e. The van der Waals surface area contributed by atoms with Crippen molar-refractivity contribution < 1.29 is 41.3 Å². The number of nitrogens with zero attached hydrogens (tertiary/aromatic N) is 3. The number of hydrogen-bond donors (Lipinski definition) is 3. The molecule has 4 aromatic rings. The van der Waals surface area contributed by atoms with Crippen molar-refractivity contribution in [2.24, 2.45) is 18.7 Å². The normalized spacial score (nSPS) is 20.9. The Balaban J connectivity index is 1.27. The van der Waals surface area contributed by atoms with E-state index in [4.69, 9.17) is 15.2 Å². The van der Waals surface area contributed by atoms with E-state index in [2.05, 4.69) is 15.4 Å². The molecule has 4 N–H and O–H groups in total. The monoisotopic (exact) mass is 629 g/mol. The molecule has 2 aromatic carbocycles. The highest BCUT2D eigenvalue weighted by molar-refractivity contribution is 6.00. The number of pyridine rings is 1. The lowest BCUT2D eigenvalue weighted by molar-refractivity contribution is -0.191. The smallest absolute Gasteiger partial charge is 0.414 e. The van der Waals surface area contributed by atoms with Crippen molar-refractivity contribution in [3.63, 3.8) is 0 Å². The molecule has 2 aromatic heterocycles. The highest BCUT2D eigenvalue weighted by Gasteiger charge is 2.59. The standard InChI is InChI=1S/C31H28F5N5O4/c1-41-12-17-8-16(10-23(25(17)40-41)45-19-5-6-19)28(42)38-13-29(43,18-3-4-18)24-11-20-27(44-14-30(20,37)31(34,35)36)26(39-24)15-2-7-21(32)22(33)9-15/h2,7-12,18-19,43H,3-6,13-14,37H2,1H3,(H,38,42)/t29?,30-/m0/s1. The molecule has 0 bridgehead atoms. The van der Waals surface area contributed by atoms with Crippen LogP contribution in [0.25, 0.3) is 22.2 Å². The molecule has 7 rings (SSSR count). The molecule has 2 aliphatic carbocycles. The Morgan fingerprint density at radius 3 is 2.58 bits per heavy atom. The molecule has 3 aliphatic rings. The van der Waals surface area contributed by atoms with E-state index in [1.807, 2.05) is 0 Å². The highest BCUT2D eigenvalue weighted by atomic mass is 19.4. The second-order valence-corrected chi connectivity index (χ2v) is 12.0. The van der Waals surface area contributed by atoms with E-state index in [0.717, 1.165) is 37.1 Å². The summed E-state index contributed by atoms with van der Waals surface area (Å²) in [6.45, 7) is -1.39. The molecule has 9 nitrogen and oxygen atoms in total. The number of carbonyl (C=O) groups is 1. The maximum atomic E-state index is 14.3. The topological polar surface area (TPSA) is 125 Å². The molecule has 1 amide bonds. The zero-order valence-electron chi connectivity index (χ0n) is 23.9. The third kappa shape index (κ3) is 5.05. The van der Waals surface area contributed by atoms with Gasteiger partial charge < -0.3 is 25.6 Å². The first-order chi connectivity index (χ1) is 21.3. The molecule has 0 spiro atoms. The number of benzene rings is 2. The maximum Gasteiger partial charge on any atom is 0.414 e. The van der Waals surface area contributed by atoms with Crippen molar-refractivity contribution in [2.45, 2.75) is 49.1 Å². The number of ether oxygens (including phenoxy) is 2. The maximum absolute atomic E-state index is 14.3. The summed E-state index contributed by atoms with van der Waals surface area (Å²) in [5, 5.41) is 19.8. The number of nitrogens with two attached hydrogens (primary N) is 1. The Morgan fingerprint density at radius 1 is 1.16 bits per heavy atom. The summed E-state index contributed by atoms with van der Waals surface area (Å²) < 4.78 is 83.8. The first-order valence-corrected chi connectivity index (χ1v) is 14.4. The Morgan fingerprint density at radius 2 is 1.91 bits per heavy atom. The Hall–Kier alpha value is -4.30. The van der Waals surface area contributed by atoms with E-state index in [0.29, 0.717) is 29.5 Å². The molecule has 3 heterocycles. The van der Waals surface area contributed by atoms with Crippen molar-refractivity contribution in [3.8, 4) is 22.8 Å². The van der Waals surface area contributed by atoms with Gasteiger partial charge in [-0.05, 0) is 68.0 Å². The zero-order chi connectivity index (χ0) is 31.9. The summed E-state index contributed by atoms with van der Waals surface area (Å²) in [4.78, 5) is 17.9. The molecule has 2 fully saturated rings. The molecule has 2 atom stereocenters. The molecule has 1 unspecified atom stereocenters. The number of fused-ring (bicyclic) bond motifs is 2. The van der Waals surface area contributed by atoms with Gasteiger partial charge in [0.05, 0.1) is 18.3 Å². The number of carbonyl (C=O) groups excluding carboxylic acids is 1. The molecule has 1 aliphatic heterocycles. The number of hydrogen-bond acceptors (Lipinski definition) is 7. The average molecular weight is 630 g/mol. The lowest BCUT2D eigenvalue weighted by Crippen LogP contribution is -2.52. The fourth-order valence-electron chi connectivity index (χ4n) is 5.70. The number of alkyl halides is 3. The predicted octanol–water partition coefficient (Wildman–Crippen LogP) is 4.59. The van der Waals surface area contributed by atoms with E-state index in [1.165, 1.54) is 0 Å². The van der Waals surface area contributed by atoms with Crippen LogP contribution >= 0.6 is 0 Å². The van der Waals surface area contributed by atoms with E-state index < -0.39 is 59.5 Å². The van der Waals surface area contributed by atoms with Gasteiger partial charge in [-0.15, -0.1) is 0 Å². The van der Waals surface area contributed by atoms with E-state index >= 15 is 0 Å².